The number of aryl methyl sites for hydroxylation is 1. The molecule has 11 aromatic rings. The summed E-state index contributed by atoms with van der Waals surface area (Å²) in [5.74, 6) is 2.72. The molecule has 0 atom stereocenters. The highest BCUT2D eigenvalue weighted by Crippen LogP contribution is 2.40. The molecule has 0 fully saturated rings. The Morgan fingerprint density at radius 1 is 0.588 bits per heavy atom. The van der Waals surface area contributed by atoms with E-state index in [0.29, 0.717) is 28.6 Å². The first-order chi connectivity index (χ1) is 34.5. The molecule has 7 heteroatoms. The van der Waals surface area contributed by atoms with E-state index in [0.717, 1.165) is 72.2 Å². The van der Waals surface area contributed by atoms with Crippen LogP contribution in [0.5, 0.6) is 11.5 Å². The maximum Gasteiger partial charge on any atom is 0.244 e. The molecule has 0 saturated carbocycles. The van der Waals surface area contributed by atoms with E-state index in [-0.39, 0.29) is 5.41 Å². The van der Waals surface area contributed by atoms with Crippen molar-refractivity contribution >= 4 is 62.2 Å². The number of hydrogen-bond donors (Lipinski definition) is 0. The molecule has 0 spiro atoms. The van der Waals surface area contributed by atoms with Crippen molar-refractivity contribution in [1.29, 1.82) is 0 Å². The number of benzene rings is 8. The van der Waals surface area contributed by atoms with Crippen molar-refractivity contribution in [3.8, 4) is 45.3 Å². The number of pyridine rings is 1. The summed E-state index contributed by atoms with van der Waals surface area (Å²) in [6.45, 7) is 3.46. The lowest BCUT2D eigenvalue weighted by molar-refractivity contribution is -0.657. The molecule has 3 aromatic heterocycles. The van der Waals surface area contributed by atoms with Crippen LogP contribution < -0.4 is 30.7 Å². The fourth-order valence-corrected chi connectivity index (χ4v) is 10.1. The molecule has 0 N–H and O–H groups in total. The second kappa shape index (κ2) is 16.5. The van der Waals surface area contributed by atoms with E-state index >= 15 is 0 Å². The Balaban J connectivity index is 1.06. The van der Waals surface area contributed by atoms with Gasteiger partial charge < -0.3 is 18.8 Å². The van der Waals surface area contributed by atoms with Gasteiger partial charge in [0.2, 0.25) is 13.0 Å². The number of imidazole rings is 1. The second-order valence-corrected chi connectivity index (χ2v) is 18.4. The molecule has 0 saturated heterocycles. The number of rotatable bonds is 8. The molecule has 68 heavy (non-hydrogen) atoms. The Hall–Kier alpha value is -8.42. The quantitative estimate of drug-likeness (QED) is 0.0867. The molecule has 326 valence electrons. The van der Waals surface area contributed by atoms with E-state index < -0.39 is 13.7 Å². The molecule has 6 nitrogen and oxygen atoms in total. The summed E-state index contributed by atoms with van der Waals surface area (Å²) in [6, 6.07) is 72.3. The van der Waals surface area contributed by atoms with Crippen molar-refractivity contribution in [2.75, 3.05) is 4.90 Å². The van der Waals surface area contributed by atoms with Gasteiger partial charge in [0.25, 0.3) is 0 Å². The zero-order valence-electron chi connectivity index (χ0n) is 41.0. The highest BCUT2D eigenvalue weighted by Gasteiger charge is 2.41. The van der Waals surface area contributed by atoms with Gasteiger partial charge in [-0.25, -0.2) is 4.98 Å². The van der Waals surface area contributed by atoms with Gasteiger partial charge in [-0.1, -0.05) is 177 Å². The Bertz CT molecular complexity index is 3730. The average molecular weight is 881 g/mol. The normalized spacial score (nSPS) is 13.2. The van der Waals surface area contributed by atoms with Crippen molar-refractivity contribution in [3.63, 3.8) is 0 Å². The third kappa shape index (κ3) is 6.98. The minimum absolute atomic E-state index is 0.0604. The van der Waals surface area contributed by atoms with E-state index in [9.17, 15) is 4.11 Å². The maximum atomic E-state index is 9.25. The Morgan fingerprint density at radius 3 is 1.96 bits per heavy atom. The standard InChI is InChI=1S/C61H48BN5O/c1-61(2,3)44-36-37-63-57(38-44)67-54-32-16-14-28-51(54)52-35-34-48(40-56(52)67)68-47-27-18-26-46(39-47)65-41-64(4)59-60(65)66(45-24-12-7-13-25-45)55-33-17-15-31-53(55)62(59)58-49(42-20-8-5-9-21-42)29-19-30-50(58)43-22-10-6-11-23-43/h5-40H,1-4H3/i4D3. The van der Waals surface area contributed by atoms with Crippen LogP contribution in [-0.2, 0) is 12.4 Å². The van der Waals surface area contributed by atoms with E-state index in [1.165, 1.54) is 10.1 Å². The average Bonchev–Trinajstić information content (AvgIpc) is 3.96. The SMILES string of the molecule is [2H]C([2H])([2H])[n+]1[c-]n(-c2cccc(Oc3ccc4c5ccccc5n(-c5cc(C(C)(C)C)ccn5)c4c3)c2)c2c1B(c1c(-c3ccccc3)cccc1-c1ccccc1)c1ccccc1N2c1ccccc1. The molecule has 12 rings (SSSR count). The van der Waals surface area contributed by atoms with E-state index in [2.05, 4.69) is 182 Å². The monoisotopic (exact) mass is 880 g/mol. The summed E-state index contributed by atoms with van der Waals surface area (Å²) in [4.78, 5) is 7.06. The minimum Gasteiger partial charge on any atom is -0.458 e. The van der Waals surface area contributed by atoms with Gasteiger partial charge in [-0.05, 0) is 93.9 Å². The van der Waals surface area contributed by atoms with Crippen molar-refractivity contribution in [2.24, 2.45) is 6.98 Å². The molecule has 0 amide bonds. The summed E-state index contributed by atoms with van der Waals surface area (Å²) < 4.78 is 40.1. The van der Waals surface area contributed by atoms with Gasteiger partial charge in [-0.2, -0.15) is 0 Å². The third-order valence-corrected chi connectivity index (χ3v) is 13.2. The number of ether oxygens (including phenoxy) is 1. The largest absolute Gasteiger partial charge is 0.458 e. The Labute approximate surface area is 401 Å². The van der Waals surface area contributed by atoms with Crippen LogP contribution >= 0.6 is 0 Å². The van der Waals surface area contributed by atoms with Gasteiger partial charge in [0.15, 0.2) is 0 Å². The lowest BCUT2D eigenvalue weighted by Gasteiger charge is -2.38. The zero-order valence-corrected chi connectivity index (χ0v) is 38.0. The first kappa shape index (κ1) is 37.8. The minimum atomic E-state index is -2.62. The number of anilines is 3. The number of hydrogen-bond acceptors (Lipinski definition) is 3. The van der Waals surface area contributed by atoms with E-state index in [1.54, 1.807) is 0 Å². The topological polar surface area (TPSA) is 39.1 Å². The highest BCUT2D eigenvalue weighted by atomic mass is 16.5. The van der Waals surface area contributed by atoms with Crippen LogP contribution in [0.3, 0.4) is 0 Å². The lowest BCUT2D eigenvalue weighted by atomic mass is 9.35. The number of nitrogens with zero attached hydrogens (tertiary/aromatic N) is 5. The van der Waals surface area contributed by atoms with Gasteiger partial charge in [0.1, 0.15) is 23.1 Å². The maximum absolute atomic E-state index is 9.25. The molecule has 0 radical (unpaired) electrons. The molecule has 1 aliphatic heterocycles. The smallest absolute Gasteiger partial charge is 0.244 e. The van der Waals surface area contributed by atoms with Gasteiger partial charge >= 0.3 is 0 Å². The molecule has 4 heterocycles. The first-order valence-electron chi connectivity index (χ1n) is 24.6. The van der Waals surface area contributed by atoms with Crippen LogP contribution in [0, 0.1) is 6.33 Å². The second-order valence-electron chi connectivity index (χ2n) is 18.4. The predicted octanol–water partition coefficient (Wildman–Crippen LogP) is 12.3. The van der Waals surface area contributed by atoms with Gasteiger partial charge in [-0.15, -0.1) is 0 Å². The molecule has 1 aliphatic rings. The van der Waals surface area contributed by atoms with Gasteiger partial charge in [-0.3, -0.25) is 4.57 Å². The molecule has 8 aromatic carbocycles. The molecule has 0 aliphatic carbocycles. The summed E-state index contributed by atoms with van der Waals surface area (Å²) >= 11 is 0. The Kier molecular flexibility index (Phi) is 9.15. The number of aromatic nitrogens is 4. The van der Waals surface area contributed by atoms with Crippen molar-refractivity contribution in [1.82, 2.24) is 14.1 Å². The van der Waals surface area contributed by atoms with Crippen LogP contribution in [-0.4, -0.2) is 20.8 Å². The van der Waals surface area contributed by atoms with E-state index in [1.807, 2.05) is 77.5 Å². The third-order valence-electron chi connectivity index (χ3n) is 13.2. The summed E-state index contributed by atoms with van der Waals surface area (Å²) in [5.41, 5.74) is 12.3. The van der Waals surface area contributed by atoms with Gasteiger partial charge in [0.05, 0.1) is 27.8 Å². The zero-order chi connectivity index (χ0) is 48.4. The number of para-hydroxylation sites is 3. The van der Waals surface area contributed by atoms with Crippen LogP contribution in [0.25, 0.3) is 55.6 Å². The van der Waals surface area contributed by atoms with Gasteiger partial charge in [0, 0.05) is 40.0 Å². The number of fused-ring (bicyclic) bond motifs is 5. The lowest BCUT2D eigenvalue weighted by Crippen LogP contribution is -2.66. The summed E-state index contributed by atoms with van der Waals surface area (Å²) in [5, 5.41) is 2.21. The van der Waals surface area contributed by atoms with Crippen molar-refractivity contribution in [3.05, 3.63) is 230 Å². The van der Waals surface area contributed by atoms with Crippen LogP contribution in [0.15, 0.2) is 219 Å². The predicted molar refractivity (Wildman–Crippen MR) is 280 cm³/mol. The van der Waals surface area contributed by atoms with Crippen LogP contribution in [0.2, 0.25) is 0 Å². The first-order valence-corrected chi connectivity index (χ1v) is 23.1. The van der Waals surface area contributed by atoms with Crippen LogP contribution in [0.4, 0.5) is 17.2 Å². The molecule has 0 unspecified atom stereocenters. The van der Waals surface area contributed by atoms with Crippen LogP contribution in [0.1, 0.15) is 30.4 Å². The van der Waals surface area contributed by atoms with Crippen molar-refractivity contribution < 1.29 is 13.4 Å². The molecular weight excluding hydrogens is 830 g/mol. The summed E-state index contributed by atoms with van der Waals surface area (Å²) in [6.07, 6.45) is 5.32. The molecule has 0 bridgehead atoms. The fraction of sp³-hybridized carbons (Fsp3) is 0.0820. The molecular formula is C61H48BN5O. The Morgan fingerprint density at radius 2 is 1.22 bits per heavy atom. The van der Waals surface area contributed by atoms with Crippen molar-refractivity contribution in [2.45, 2.75) is 26.2 Å². The highest BCUT2D eigenvalue weighted by molar-refractivity contribution is 6.98. The summed E-state index contributed by atoms with van der Waals surface area (Å²) in [7, 11) is 0. The van der Waals surface area contributed by atoms with E-state index in [4.69, 9.17) is 9.72 Å². The fourth-order valence-electron chi connectivity index (χ4n) is 10.1.